The van der Waals surface area contributed by atoms with Crippen LogP contribution in [0, 0.1) is 21.4 Å². The Bertz CT molecular complexity index is 1290. The summed E-state index contributed by atoms with van der Waals surface area (Å²) in [5.41, 5.74) is 11.9. The molecule has 1 aliphatic carbocycles. The Hall–Kier alpha value is -3.49. The number of aromatic nitrogens is 1. The van der Waals surface area contributed by atoms with E-state index in [9.17, 15) is 14.9 Å². The highest BCUT2D eigenvalue weighted by molar-refractivity contribution is 7.20. The van der Waals surface area contributed by atoms with Crippen LogP contribution < -0.4 is 5.32 Å². The van der Waals surface area contributed by atoms with Gasteiger partial charge in [-0.05, 0) is 59.4 Å². The van der Waals surface area contributed by atoms with Crippen LogP contribution >= 0.6 is 11.3 Å². The fourth-order valence-corrected chi connectivity index (χ4v) is 5.32. The van der Waals surface area contributed by atoms with E-state index < -0.39 is 11.0 Å². The maximum atomic E-state index is 13.1. The van der Waals surface area contributed by atoms with Gasteiger partial charge in [0.15, 0.2) is 0 Å². The van der Waals surface area contributed by atoms with Crippen LogP contribution in [0.15, 0.2) is 41.5 Å². The summed E-state index contributed by atoms with van der Waals surface area (Å²) in [7, 11) is 0. The molecule has 2 aromatic heterocycles. The number of non-ortho nitro benzene ring substituents is 1. The number of nitrogens with one attached hydrogen (secondary N) is 1. The molecule has 0 unspecified atom stereocenters. The highest BCUT2D eigenvalue weighted by Crippen LogP contribution is 2.38. The molecule has 4 rings (SSSR count). The lowest BCUT2D eigenvalue weighted by Crippen LogP contribution is -2.29. The number of benzene rings is 1. The van der Waals surface area contributed by atoms with Crippen LogP contribution in [-0.2, 0) is 12.8 Å². The van der Waals surface area contributed by atoms with Crippen LogP contribution in [-0.4, -0.2) is 22.4 Å². The Kier molecular flexibility index (Phi) is 6.54. The van der Waals surface area contributed by atoms with Gasteiger partial charge in [0, 0.05) is 28.1 Å². The SMILES string of the molecule is CC(C)(C)[C@@H]1CCc2nc3sc(C(=O)N[C@H](CN=[N+]=[N-])c4ccc([N+](=O)[O-])cc4)cc3cc2C1. The number of hydrogen-bond donors (Lipinski definition) is 1. The summed E-state index contributed by atoms with van der Waals surface area (Å²) in [4.78, 5) is 32.5. The van der Waals surface area contributed by atoms with Gasteiger partial charge >= 0.3 is 0 Å². The van der Waals surface area contributed by atoms with Gasteiger partial charge < -0.3 is 5.32 Å². The van der Waals surface area contributed by atoms with E-state index in [1.54, 1.807) is 12.1 Å². The molecule has 1 N–H and O–H groups in total. The molecule has 2 heterocycles. The summed E-state index contributed by atoms with van der Waals surface area (Å²) in [6, 6.07) is 9.25. The van der Waals surface area contributed by atoms with Crippen LogP contribution in [0.3, 0.4) is 0 Å². The molecule has 0 saturated heterocycles. The number of hydrogen-bond acceptors (Lipinski definition) is 6. The van der Waals surface area contributed by atoms with Crippen LogP contribution in [0.25, 0.3) is 20.7 Å². The second-order valence-corrected chi connectivity index (χ2v) is 10.7. The van der Waals surface area contributed by atoms with E-state index in [-0.39, 0.29) is 23.6 Å². The molecule has 0 aliphatic heterocycles. The molecule has 1 amide bonds. The molecule has 0 bridgehead atoms. The third-order valence-electron chi connectivity index (χ3n) is 6.46. The van der Waals surface area contributed by atoms with Crippen molar-refractivity contribution in [1.29, 1.82) is 0 Å². The Morgan fingerprint density at radius 1 is 1.35 bits per heavy atom. The van der Waals surface area contributed by atoms with Crippen molar-refractivity contribution in [3.63, 3.8) is 0 Å². The van der Waals surface area contributed by atoms with Crippen LogP contribution in [0.1, 0.15) is 59.7 Å². The Morgan fingerprint density at radius 3 is 2.74 bits per heavy atom. The van der Waals surface area contributed by atoms with Crippen molar-refractivity contribution in [3.05, 3.63) is 78.7 Å². The maximum absolute atomic E-state index is 13.1. The molecule has 34 heavy (non-hydrogen) atoms. The van der Waals surface area contributed by atoms with E-state index in [0.717, 1.165) is 35.2 Å². The molecule has 0 fully saturated rings. The molecule has 2 atom stereocenters. The summed E-state index contributed by atoms with van der Waals surface area (Å²) in [6.07, 6.45) is 3.05. The monoisotopic (exact) mass is 478 g/mol. The van der Waals surface area contributed by atoms with Gasteiger partial charge in [0.1, 0.15) is 4.83 Å². The second kappa shape index (κ2) is 9.40. The topological polar surface area (TPSA) is 134 Å². The lowest BCUT2D eigenvalue weighted by Gasteiger charge is -2.34. The number of aryl methyl sites for hydroxylation is 1. The van der Waals surface area contributed by atoms with Crippen molar-refractivity contribution in [2.24, 2.45) is 16.4 Å². The van der Waals surface area contributed by atoms with Crippen molar-refractivity contribution in [2.75, 3.05) is 6.54 Å². The number of pyridine rings is 1. The van der Waals surface area contributed by atoms with E-state index in [1.807, 2.05) is 6.07 Å². The first-order valence-electron chi connectivity index (χ1n) is 11.1. The van der Waals surface area contributed by atoms with E-state index in [1.165, 1.54) is 29.0 Å². The molecule has 0 spiro atoms. The summed E-state index contributed by atoms with van der Waals surface area (Å²) in [5, 5.41) is 18.4. The minimum Gasteiger partial charge on any atom is -0.344 e. The van der Waals surface area contributed by atoms with Crippen molar-refractivity contribution in [3.8, 4) is 0 Å². The molecule has 0 radical (unpaired) electrons. The second-order valence-electron chi connectivity index (χ2n) is 9.69. The van der Waals surface area contributed by atoms with E-state index in [2.05, 4.69) is 42.2 Å². The number of nitrogens with zero attached hydrogens (tertiary/aromatic N) is 5. The molecule has 9 nitrogen and oxygen atoms in total. The normalized spacial score (nSPS) is 16.4. The number of nitro groups is 1. The number of nitro benzene ring substituents is 1. The Labute approximate surface area is 201 Å². The lowest BCUT2D eigenvalue weighted by atomic mass is 9.71. The predicted octanol–water partition coefficient (Wildman–Crippen LogP) is 6.14. The van der Waals surface area contributed by atoms with Crippen LogP contribution in [0.2, 0.25) is 0 Å². The van der Waals surface area contributed by atoms with Gasteiger partial charge in [0.05, 0.1) is 22.4 Å². The number of thiophene rings is 1. The van der Waals surface area contributed by atoms with Crippen molar-refractivity contribution >= 4 is 33.1 Å². The minimum atomic E-state index is -0.608. The zero-order chi connectivity index (χ0) is 24.5. The summed E-state index contributed by atoms with van der Waals surface area (Å²) in [6.45, 7) is 6.82. The number of azide groups is 1. The number of rotatable bonds is 6. The van der Waals surface area contributed by atoms with Gasteiger partial charge in [0.25, 0.3) is 11.6 Å². The molecule has 176 valence electrons. The molecule has 0 saturated carbocycles. The van der Waals surface area contributed by atoms with Crippen molar-refractivity contribution < 1.29 is 9.72 Å². The number of fused-ring (bicyclic) bond motifs is 2. The summed E-state index contributed by atoms with van der Waals surface area (Å²) >= 11 is 1.34. The predicted molar refractivity (Wildman–Crippen MR) is 132 cm³/mol. The molecule has 1 aliphatic rings. The Morgan fingerprint density at radius 2 is 2.09 bits per heavy atom. The maximum Gasteiger partial charge on any atom is 0.269 e. The number of carbonyl (C=O) groups excluding carboxylic acids is 1. The number of amides is 1. The van der Waals surface area contributed by atoms with Gasteiger partial charge in [-0.2, -0.15) is 0 Å². The zero-order valence-corrected chi connectivity index (χ0v) is 20.1. The Balaban J connectivity index is 1.57. The van der Waals surface area contributed by atoms with Crippen molar-refractivity contribution in [1.82, 2.24) is 10.3 Å². The van der Waals surface area contributed by atoms with E-state index in [4.69, 9.17) is 10.5 Å². The minimum absolute atomic E-state index is 0.00825. The molecule has 3 aromatic rings. The highest BCUT2D eigenvalue weighted by atomic mass is 32.1. The average molecular weight is 479 g/mol. The van der Waals surface area contributed by atoms with Crippen LogP contribution in [0.5, 0.6) is 0 Å². The average Bonchev–Trinajstić information content (AvgIpc) is 3.22. The van der Waals surface area contributed by atoms with Crippen LogP contribution in [0.4, 0.5) is 5.69 Å². The van der Waals surface area contributed by atoms with E-state index in [0.29, 0.717) is 16.4 Å². The van der Waals surface area contributed by atoms with Gasteiger partial charge in [-0.3, -0.25) is 14.9 Å². The van der Waals surface area contributed by atoms with Gasteiger partial charge in [-0.15, -0.1) is 11.3 Å². The molecular weight excluding hydrogens is 452 g/mol. The third kappa shape index (κ3) is 5.03. The quantitative estimate of drug-likeness (QED) is 0.150. The first-order valence-corrected chi connectivity index (χ1v) is 12.0. The largest absolute Gasteiger partial charge is 0.344 e. The van der Waals surface area contributed by atoms with Gasteiger partial charge in [0.2, 0.25) is 0 Å². The fourth-order valence-electron chi connectivity index (χ4n) is 4.38. The van der Waals surface area contributed by atoms with Gasteiger partial charge in [-0.1, -0.05) is 38.0 Å². The highest BCUT2D eigenvalue weighted by Gasteiger charge is 2.30. The van der Waals surface area contributed by atoms with Gasteiger partial charge in [-0.25, -0.2) is 4.98 Å². The lowest BCUT2D eigenvalue weighted by molar-refractivity contribution is -0.384. The first-order chi connectivity index (χ1) is 16.2. The standard InChI is InChI=1S/C24H26N6O3S/c1-24(2,3)17-6-9-19-15(11-17)10-16-12-21(34-23(16)28-19)22(31)27-20(13-26-29-25)14-4-7-18(8-5-14)30(32)33/h4-5,7-8,10,12,17,20H,6,9,11,13H2,1-3H3,(H,27,31)/t17-,20-/m1/s1. The zero-order valence-electron chi connectivity index (χ0n) is 19.3. The van der Waals surface area contributed by atoms with E-state index >= 15 is 0 Å². The smallest absolute Gasteiger partial charge is 0.269 e. The summed E-state index contributed by atoms with van der Waals surface area (Å²) in [5.74, 6) is 0.300. The molecular formula is C24H26N6O3S. The first kappa shape index (κ1) is 23.7. The molecule has 1 aromatic carbocycles. The summed E-state index contributed by atoms with van der Waals surface area (Å²) < 4.78 is 0. The number of carbonyl (C=O) groups is 1. The molecule has 10 heteroatoms. The third-order valence-corrected chi connectivity index (χ3v) is 7.50. The van der Waals surface area contributed by atoms with Crippen molar-refractivity contribution in [2.45, 2.75) is 46.1 Å². The fraction of sp³-hybridized carbons (Fsp3) is 0.417.